The maximum absolute atomic E-state index is 5.97. The highest BCUT2D eigenvalue weighted by Gasteiger charge is 2.12. The van der Waals surface area contributed by atoms with Crippen molar-refractivity contribution < 1.29 is 4.74 Å². The van der Waals surface area contributed by atoms with E-state index in [2.05, 4.69) is 22.6 Å². The molecule has 2 rings (SSSR count). The molecule has 0 atom stereocenters. The average molecular weight is 280 g/mol. The Labute approximate surface area is 122 Å². The van der Waals surface area contributed by atoms with E-state index in [1.807, 2.05) is 10.9 Å². The van der Waals surface area contributed by atoms with Crippen LogP contribution in [0.3, 0.4) is 0 Å². The fraction of sp³-hybridized carbons (Fsp3) is 0.867. The highest BCUT2D eigenvalue weighted by molar-refractivity contribution is 4.91. The van der Waals surface area contributed by atoms with Gasteiger partial charge in [-0.2, -0.15) is 0 Å². The number of hydrogen-bond acceptors (Lipinski definition) is 4. The molecule has 1 saturated carbocycles. The Morgan fingerprint density at radius 3 is 2.85 bits per heavy atom. The summed E-state index contributed by atoms with van der Waals surface area (Å²) in [4.78, 5) is 0. The predicted molar refractivity (Wildman–Crippen MR) is 79.5 cm³/mol. The van der Waals surface area contributed by atoms with Crippen molar-refractivity contribution in [1.29, 1.82) is 0 Å². The van der Waals surface area contributed by atoms with Crippen molar-refractivity contribution in [1.82, 2.24) is 20.3 Å². The second-order valence-corrected chi connectivity index (χ2v) is 5.63. The van der Waals surface area contributed by atoms with E-state index in [1.165, 1.54) is 38.5 Å². The van der Waals surface area contributed by atoms with Gasteiger partial charge < -0.3 is 10.1 Å². The second-order valence-electron chi connectivity index (χ2n) is 5.63. The van der Waals surface area contributed by atoms with Crippen LogP contribution >= 0.6 is 0 Å². The van der Waals surface area contributed by atoms with Crippen molar-refractivity contribution in [2.45, 2.75) is 71.1 Å². The molecule has 1 aliphatic carbocycles. The van der Waals surface area contributed by atoms with Crippen LogP contribution < -0.4 is 5.32 Å². The van der Waals surface area contributed by atoms with Gasteiger partial charge in [-0.15, -0.1) is 5.10 Å². The lowest BCUT2D eigenvalue weighted by Gasteiger charge is -2.14. The van der Waals surface area contributed by atoms with Crippen LogP contribution in [0.2, 0.25) is 0 Å². The van der Waals surface area contributed by atoms with Gasteiger partial charge in [0.1, 0.15) is 0 Å². The summed E-state index contributed by atoms with van der Waals surface area (Å²) in [6.07, 6.45) is 11.5. The van der Waals surface area contributed by atoms with Gasteiger partial charge >= 0.3 is 0 Å². The number of aromatic nitrogens is 3. The third kappa shape index (κ3) is 5.59. The normalized spacial score (nSPS) is 17.2. The molecule has 0 aliphatic heterocycles. The molecule has 1 heterocycles. The van der Waals surface area contributed by atoms with Gasteiger partial charge in [-0.3, -0.25) is 0 Å². The molecule has 20 heavy (non-hydrogen) atoms. The lowest BCUT2D eigenvalue weighted by Crippen LogP contribution is -2.16. The fourth-order valence-electron chi connectivity index (χ4n) is 2.64. The molecule has 5 nitrogen and oxygen atoms in total. The zero-order valence-electron chi connectivity index (χ0n) is 12.7. The van der Waals surface area contributed by atoms with Crippen molar-refractivity contribution in [2.75, 3.05) is 13.2 Å². The highest BCUT2D eigenvalue weighted by Crippen LogP contribution is 2.19. The minimum absolute atomic E-state index is 0.465. The first-order valence-corrected chi connectivity index (χ1v) is 8.10. The summed E-state index contributed by atoms with van der Waals surface area (Å²) in [7, 11) is 0. The van der Waals surface area contributed by atoms with Crippen molar-refractivity contribution in [2.24, 2.45) is 0 Å². The van der Waals surface area contributed by atoms with Crippen molar-refractivity contribution in [3.05, 3.63) is 11.9 Å². The van der Waals surface area contributed by atoms with Gasteiger partial charge in [0.15, 0.2) is 0 Å². The fourth-order valence-corrected chi connectivity index (χ4v) is 2.64. The van der Waals surface area contributed by atoms with E-state index in [0.717, 1.165) is 38.4 Å². The highest BCUT2D eigenvalue weighted by atomic mass is 16.5. The Hall–Kier alpha value is -0.940. The molecule has 1 aliphatic rings. The molecular weight excluding hydrogens is 252 g/mol. The summed E-state index contributed by atoms with van der Waals surface area (Å²) in [5.74, 6) is 0. The van der Waals surface area contributed by atoms with E-state index < -0.39 is 0 Å². The van der Waals surface area contributed by atoms with Crippen molar-refractivity contribution >= 4 is 0 Å². The standard InChI is InChI=1S/C15H28N4O/c1-2-9-16-12-14-13-19(18-17-14)10-11-20-15-7-5-3-4-6-8-15/h13,15-16H,2-12H2,1H3. The maximum Gasteiger partial charge on any atom is 0.0964 e. The Morgan fingerprint density at radius 2 is 2.10 bits per heavy atom. The van der Waals surface area contributed by atoms with Crippen LogP contribution in [0, 0.1) is 0 Å². The van der Waals surface area contributed by atoms with Crippen LogP contribution in [0.5, 0.6) is 0 Å². The average Bonchev–Trinajstić information content (AvgIpc) is 2.74. The van der Waals surface area contributed by atoms with Crippen LogP contribution in [0.1, 0.15) is 57.6 Å². The van der Waals surface area contributed by atoms with E-state index in [-0.39, 0.29) is 0 Å². The lowest BCUT2D eigenvalue weighted by molar-refractivity contribution is 0.0367. The van der Waals surface area contributed by atoms with Gasteiger partial charge in [-0.1, -0.05) is 37.8 Å². The molecule has 1 aromatic rings. The molecule has 0 spiro atoms. The van der Waals surface area contributed by atoms with Gasteiger partial charge in [0.05, 0.1) is 24.9 Å². The smallest absolute Gasteiger partial charge is 0.0964 e. The molecule has 0 saturated heterocycles. The topological polar surface area (TPSA) is 52.0 Å². The molecule has 0 amide bonds. The third-order valence-electron chi connectivity index (χ3n) is 3.80. The predicted octanol–water partition coefficient (Wildman–Crippen LogP) is 2.52. The van der Waals surface area contributed by atoms with Gasteiger partial charge in [0.2, 0.25) is 0 Å². The Balaban J connectivity index is 1.63. The largest absolute Gasteiger partial charge is 0.376 e. The summed E-state index contributed by atoms with van der Waals surface area (Å²) >= 11 is 0. The maximum atomic E-state index is 5.97. The molecule has 1 fully saturated rings. The summed E-state index contributed by atoms with van der Waals surface area (Å²) in [5.41, 5.74) is 1.01. The van der Waals surface area contributed by atoms with Crippen LogP contribution in [0.4, 0.5) is 0 Å². The van der Waals surface area contributed by atoms with Gasteiger partial charge in [-0.05, 0) is 25.8 Å². The third-order valence-corrected chi connectivity index (χ3v) is 3.80. The minimum Gasteiger partial charge on any atom is -0.376 e. The van der Waals surface area contributed by atoms with Crippen molar-refractivity contribution in [3.63, 3.8) is 0 Å². The molecule has 0 unspecified atom stereocenters. The number of ether oxygens (including phenoxy) is 1. The van der Waals surface area contributed by atoms with E-state index in [9.17, 15) is 0 Å². The number of nitrogens with zero attached hydrogens (tertiary/aromatic N) is 3. The molecule has 0 radical (unpaired) electrons. The molecule has 5 heteroatoms. The Morgan fingerprint density at radius 1 is 1.30 bits per heavy atom. The first-order valence-electron chi connectivity index (χ1n) is 8.10. The molecule has 1 N–H and O–H groups in total. The van der Waals surface area contributed by atoms with E-state index in [4.69, 9.17) is 4.74 Å². The quantitative estimate of drug-likeness (QED) is 0.587. The summed E-state index contributed by atoms with van der Waals surface area (Å²) in [6.45, 7) is 5.54. The summed E-state index contributed by atoms with van der Waals surface area (Å²) in [6, 6.07) is 0. The van der Waals surface area contributed by atoms with Gasteiger partial charge in [-0.25, -0.2) is 4.68 Å². The van der Waals surface area contributed by atoms with Crippen LogP contribution in [0.15, 0.2) is 6.20 Å². The lowest BCUT2D eigenvalue weighted by atomic mass is 10.1. The molecule has 0 bridgehead atoms. The first kappa shape index (κ1) is 15.4. The molecule has 0 aromatic carbocycles. The zero-order valence-corrected chi connectivity index (χ0v) is 12.7. The summed E-state index contributed by atoms with van der Waals surface area (Å²) < 4.78 is 7.86. The molecule has 114 valence electrons. The van der Waals surface area contributed by atoms with Crippen molar-refractivity contribution in [3.8, 4) is 0 Å². The minimum atomic E-state index is 0.465. The number of nitrogens with one attached hydrogen (secondary N) is 1. The SMILES string of the molecule is CCCNCc1cn(CCOC2CCCCCC2)nn1. The van der Waals surface area contributed by atoms with Crippen LogP contribution in [0.25, 0.3) is 0 Å². The van der Waals surface area contributed by atoms with E-state index >= 15 is 0 Å². The van der Waals surface area contributed by atoms with Crippen LogP contribution in [-0.2, 0) is 17.8 Å². The monoisotopic (exact) mass is 280 g/mol. The first-order chi connectivity index (χ1) is 9.88. The van der Waals surface area contributed by atoms with Crippen LogP contribution in [-0.4, -0.2) is 34.2 Å². The van der Waals surface area contributed by atoms with E-state index in [0.29, 0.717) is 6.10 Å². The second kappa shape index (κ2) is 9.08. The van der Waals surface area contributed by atoms with Gasteiger partial charge in [0.25, 0.3) is 0 Å². The van der Waals surface area contributed by atoms with Gasteiger partial charge in [0, 0.05) is 12.7 Å². The summed E-state index contributed by atoms with van der Waals surface area (Å²) in [5, 5.41) is 11.6. The number of rotatable bonds is 8. The zero-order chi connectivity index (χ0) is 14.0. The number of hydrogen-bond donors (Lipinski definition) is 1. The molecular formula is C15H28N4O. The Bertz CT molecular complexity index is 359. The molecule has 1 aromatic heterocycles. The Kier molecular flexibility index (Phi) is 7.01. The van der Waals surface area contributed by atoms with E-state index in [1.54, 1.807) is 0 Å².